The van der Waals surface area contributed by atoms with Crippen molar-refractivity contribution in [1.29, 1.82) is 5.26 Å². The molecule has 2 N–H and O–H groups in total. The molecule has 2 aromatic carbocycles. The number of nitrogens with one attached hydrogen (secondary N) is 2. The highest BCUT2D eigenvalue weighted by Gasteiger charge is 2.58. The summed E-state index contributed by atoms with van der Waals surface area (Å²) in [6.07, 6.45) is 1.75. The van der Waals surface area contributed by atoms with Gasteiger partial charge in [-0.05, 0) is 35.9 Å². The quantitative estimate of drug-likeness (QED) is 0.493. The van der Waals surface area contributed by atoms with Crippen molar-refractivity contribution in [2.24, 2.45) is 0 Å². The van der Waals surface area contributed by atoms with Crippen LogP contribution in [0.4, 0.5) is 14.5 Å². The Morgan fingerprint density at radius 3 is 2.45 bits per heavy atom. The number of carbonyl (C=O) groups is 3. The number of nitriles is 1. The molecular weight excluding hydrogens is 496 g/mol. The molecule has 11 heteroatoms. The lowest BCUT2D eigenvalue weighted by molar-refractivity contribution is -0.133. The molecule has 9 nitrogen and oxygen atoms in total. The normalized spacial score (nSPS) is 17.8. The van der Waals surface area contributed by atoms with Crippen LogP contribution in [0.1, 0.15) is 32.7 Å². The van der Waals surface area contributed by atoms with E-state index in [0.29, 0.717) is 11.3 Å². The number of rotatable bonds is 7. The van der Waals surface area contributed by atoms with Crippen molar-refractivity contribution in [1.82, 2.24) is 15.2 Å². The van der Waals surface area contributed by atoms with Crippen LogP contribution in [-0.4, -0.2) is 53.7 Å². The topological polar surface area (TPSA) is 124 Å². The first kappa shape index (κ1) is 26.2. The van der Waals surface area contributed by atoms with E-state index in [4.69, 9.17) is 4.74 Å². The largest absolute Gasteiger partial charge is 0.497 e. The van der Waals surface area contributed by atoms with E-state index in [1.165, 1.54) is 37.7 Å². The second kappa shape index (κ2) is 10.6. The third-order valence-corrected chi connectivity index (χ3v) is 6.17. The fraction of sp³-hybridized carbons (Fsp3) is 0.222. The lowest BCUT2D eigenvalue weighted by Gasteiger charge is -2.32. The van der Waals surface area contributed by atoms with Crippen LogP contribution in [-0.2, 0) is 10.3 Å². The molecule has 3 aromatic rings. The molecule has 1 saturated heterocycles. The van der Waals surface area contributed by atoms with Gasteiger partial charge >= 0.3 is 0 Å². The van der Waals surface area contributed by atoms with Crippen LogP contribution in [0.15, 0.2) is 73.1 Å². The van der Waals surface area contributed by atoms with Gasteiger partial charge in [-0.2, -0.15) is 5.26 Å². The van der Waals surface area contributed by atoms with Gasteiger partial charge in [-0.3, -0.25) is 19.4 Å². The molecule has 1 unspecified atom stereocenters. The Labute approximate surface area is 217 Å². The Balaban J connectivity index is 1.48. The second-order valence-electron chi connectivity index (χ2n) is 8.64. The first-order chi connectivity index (χ1) is 18.2. The van der Waals surface area contributed by atoms with E-state index in [0.717, 1.165) is 4.90 Å². The van der Waals surface area contributed by atoms with E-state index in [9.17, 15) is 28.4 Å². The van der Waals surface area contributed by atoms with Crippen LogP contribution in [0.2, 0.25) is 0 Å². The molecule has 0 aliphatic carbocycles. The number of benzene rings is 2. The van der Waals surface area contributed by atoms with E-state index in [1.54, 1.807) is 42.5 Å². The van der Waals surface area contributed by atoms with Crippen molar-refractivity contribution in [3.8, 4) is 11.8 Å². The maximum atomic E-state index is 14.5. The molecule has 3 amide bonds. The van der Waals surface area contributed by atoms with Crippen molar-refractivity contribution >= 4 is 23.4 Å². The van der Waals surface area contributed by atoms with Crippen LogP contribution >= 0.6 is 0 Å². The Bertz CT molecular complexity index is 1390. The highest BCUT2D eigenvalue weighted by molar-refractivity contribution is 6.09. The second-order valence-corrected chi connectivity index (χ2v) is 8.64. The van der Waals surface area contributed by atoms with Gasteiger partial charge in [0.1, 0.15) is 5.75 Å². The van der Waals surface area contributed by atoms with Crippen molar-refractivity contribution in [2.45, 2.75) is 17.9 Å². The van der Waals surface area contributed by atoms with Gasteiger partial charge in [-0.25, -0.2) is 8.78 Å². The first-order valence-corrected chi connectivity index (χ1v) is 11.5. The number of hydrogen-bond donors (Lipinski definition) is 2. The van der Waals surface area contributed by atoms with Gasteiger partial charge in [-0.15, -0.1) is 0 Å². The predicted molar refractivity (Wildman–Crippen MR) is 133 cm³/mol. The minimum Gasteiger partial charge on any atom is -0.497 e. The summed E-state index contributed by atoms with van der Waals surface area (Å²) in [5, 5.41) is 14.9. The van der Waals surface area contributed by atoms with E-state index >= 15 is 0 Å². The Morgan fingerprint density at radius 2 is 1.79 bits per heavy atom. The number of pyridine rings is 1. The number of anilines is 1. The molecule has 1 aromatic heterocycles. The van der Waals surface area contributed by atoms with Gasteiger partial charge in [0.2, 0.25) is 5.91 Å². The predicted octanol–water partition coefficient (Wildman–Crippen LogP) is 3.36. The standard InChI is InChI=1S/C27H23F2N5O4/c1-38-20-9-7-18(8-10-20)24(36)33-22-13-31-12-11-21(22)25(37)32-14-23(35)34-17-27(28,29)15-26(34,16-30)19-5-3-2-4-6-19/h2-13H,14-15,17H2,1H3,(H,32,37)(H,33,36). The zero-order chi connectivity index (χ0) is 27.3. The molecule has 1 aliphatic rings. The van der Waals surface area contributed by atoms with Gasteiger partial charge in [0.05, 0.1) is 50.1 Å². The van der Waals surface area contributed by atoms with Crippen molar-refractivity contribution in [3.63, 3.8) is 0 Å². The van der Waals surface area contributed by atoms with Crippen LogP contribution < -0.4 is 15.4 Å². The van der Waals surface area contributed by atoms with Gasteiger partial charge in [-0.1, -0.05) is 30.3 Å². The zero-order valence-corrected chi connectivity index (χ0v) is 20.3. The minimum atomic E-state index is -3.28. The zero-order valence-electron chi connectivity index (χ0n) is 20.3. The highest BCUT2D eigenvalue weighted by Crippen LogP contribution is 2.45. The summed E-state index contributed by atoms with van der Waals surface area (Å²) in [5.41, 5.74) is -1.21. The van der Waals surface area contributed by atoms with Crippen molar-refractivity contribution in [2.75, 3.05) is 25.5 Å². The van der Waals surface area contributed by atoms with Crippen LogP contribution in [0.3, 0.4) is 0 Å². The summed E-state index contributed by atoms with van der Waals surface area (Å²) in [5.74, 6) is -4.81. The molecule has 0 bridgehead atoms. The smallest absolute Gasteiger partial charge is 0.269 e. The summed E-state index contributed by atoms with van der Waals surface area (Å²) < 4.78 is 34.0. The molecule has 1 aliphatic heterocycles. The van der Waals surface area contributed by atoms with Crippen molar-refractivity contribution < 1.29 is 27.9 Å². The molecule has 1 fully saturated rings. The van der Waals surface area contributed by atoms with Crippen LogP contribution in [0.5, 0.6) is 5.75 Å². The lowest BCUT2D eigenvalue weighted by atomic mass is 9.88. The third kappa shape index (κ3) is 5.29. The molecule has 2 heterocycles. The number of carbonyl (C=O) groups excluding carboxylic acids is 3. The summed E-state index contributed by atoms with van der Waals surface area (Å²) in [6, 6.07) is 17.4. The number of aromatic nitrogens is 1. The van der Waals surface area contributed by atoms with E-state index in [2.05, 4.69) is 15.6 Å². The monoisotopic (exact) mass is 519 g/mol. The fourth-order valence-electron chi connectivity index (χ4n) is 4.30. The molecule has 1 atom stereocenters. The van der Waals surface area contributed by atoms with Gasteiger partial charge in [0.15, 0.2) is 5.54 Å². The average Bonchev–Trinajstić information content (AvgIpc) is 3.24. The fourth-order valence-corrected chi connectivity index (χ4v) is 4.30. The summed E-state index contributed by atoms with van der Waals surface area (Å²) >= 11 is 0. The van der Waals surface area contributed by atoms with Gasteiger partial charge < -0.3 is 20.3 Å². The Morgan fingerprint density at radius 1 is 1.08 bits per heavy atom. The molecule has 194 valence electrons. The number of amides is 3. The molecule has 38 heavy (non-hydrogen) atoms. The van der Waals surface area contributed by atoms with E-state index in [1.807, 2.05) is 6.07 Å². The van der Waals surface area contributed by atoms with E-state index in [-0.39, 0.29) is 16.8 Å². The van der Waals surface area contributed by atoms with Gasteiger partial charge in [0.25, 0.3) is 17.7 Å². The Kier molecular flexibility index (Phi) is 7.34. The van der Waals surface area contributed by atoms with Crippen LogP contribution in [0.25, 0.3) is 0 Å². The number of likely N-dealkylation sites (tertiary alicyclic amines) is 1. The number of alkyl halides is 2. The molecule has 4 rings (SSSR count). The number of methoxy groups -OCH3 is 1. The average molecular weight is 520 g/mol. The van der Waals surface area contributed by atoms with E-state index < -0.39 is 48.7 Å². The lowest BCUT2D eigenvalue weighted by Crippen LogP contribution is -2.48. The summed E-state index contributed by atoms with van der Waals surface area (Å²) in [4.78, 5) is 43.4. The van der Waals surface area contributed by atoms with Crippen LogP contribution in [0, 0.1) is 11.3 Å². The third-order valence-electron chi connectivity index (χ3n) is 6.17. The molecule has 0 radical (unpaired) electrons. The molecular formula is C27H23F2N5O4. The minimum absolute atomic E-state index is 0.0102. The number of hydrogen-bond acceptors (Lipinski definition) is 6. The maximum Gasteiger partial charge on any atom is 0.269 e. The molecule has 0 spiro atoms. The molecule has 0 saturated carbocycles. The SMILES string of the molecule is COc1ccc(C(=O)Nc2cnccc2C(=O)NCC(=O)N2CC(F)(F)CC2(C#N)c2ccccc2)cc1. The Hall–Kier alpha value is -4.85. The van der Waals surface area contributed by atoms with Crippen molar-refractivity contribution in [3.05, 3.63) is 89.7 Å². The number of halogens is 2. The first-order valence-electron chi connectivity index (χ1n) is 11.5. The maximum absolute atomic E-state index is 14.5. The highest BCUT2D eigenvalue weighted by atomic mass is 19.3. The number of ether oxygens (including phenoxy) is 1. The summed E-state index contributed by atoms with van der Waals surface area (Å²) in [6.45, 7) is -1.60. The van der Waals surface area contributed by atoms with Gasteiger partial charge in [0, 0.05) is 11.8 Å². The summed E-state index contributed by atoms with van der Waals surface area (Å²) in [7, 11) is 1.50. The number of nitrogens with zero attached hydrogens (tertiary/aromatic N) is 3.